The summed E-state index contributed by atoms with van der Waals surface area (Å²) in [6, 6.07) is 10.3. The van der Waals surface area contributed by atoms with Crippen molar-refractivity contribution >= 4 is 20.7 Å². The summed E-state index contributed by atoms with van der Waals surface area (Å²) >= 11 is 0. The van der Waals surface area contributed by atoms with Crippen LogP contribution in [0, 0.1) is 0 Å². The molecule has 0 atom stereocenters. The molecule has 0 N–H and O–H groups in total. The van der Waals surface area contributed by atoms with Crippen LogP contribution in [0.5, 0.6) is 0 Å². The van der Waals surface area contributed by atoms with Crippen molar-refractivity contribution < 1.29 is 8.42 Å². The minimum atomic E-state index is -3.45. The number of aromatic nitrogens is 2. The van der Waals surface area contributed by atoms with Crippen molar-refractivity contribution in [1.82, 2.24) is 9.97 Å². The van der Waals surface area contributed by atoms with E-state index in [-0.39, 0.29) is 4.90 Å². The number of hydrogen-bond donors (Lipinski definition) is 0. The van der Waals surface area contributed by atoms with Gasteiger partial charge in [-0.25, -0.2) is 8.42 Å². The van der Waals surface area contributed by atoms with Gasteiger partial charge in [0.25, 0.3) is 0 Å². The predicted molar refractivity (Wildman–Crippen MR) is 70.4 cm³/mol. The minimum Gasteiger partial charge on any atom is -0.256 e. The first kappa shape index (κ1) is 10.6. The van der Waals surface area contributed by atoms with Crippen LogP contribution in [-0.4, -0.2) is 18.4 Å². The van der Waals surface area contributed by atoms with Crippen LogP contribution in [0.25, 0.3) is 22.2 Å². The molecule has 0 aliphatic carbocycles. The first-order valence-electron chi connectivity index (χ1n) is 5.78. The van der Waals surface area contributed by atoms with Crippen molar-refractivity contribution in [3.63, 3.8) is 0 Å². The summed E-state index contributed by atoms with van der Waals surface area (Å²) in [4.78, 5) is 9.10. The lowest BCUT2D eigenvalue weighted by Gasteiger charge is -2.03. The van der Waals surface area contributed by atoms with Gasteiger partial charge in [0, 0.05) is 23.3 Å². The van der Waals surface area contributed by atoms with E-state index < -0.39 is 9.84 Å². The van der Waals surface area contributed by atoms with Crippen LogP contribution in [0.2, 0.25) is 0 Å². The molecule has 0 saturated carbocycles. The molecule has 19 heavy (non-hydrogen) atoms. The number of fused-ring (bicyclic) bond motifs is 5. The molecule has 4 rings (SSSR count). The molecule has 3 heterocycles. The highest BCUT2D eigenvalue weighted by Gasteiger charge is 2.35. The maximum atomic E-state index is 12.5. The summed E-state index contributed by atoms with van der Waals surface area (Å²) < 4.78 is 24.9. The number of rotatable bonds is 0. The predicted octanol–water partition coefficient (Wildman–Crippen LogP) is 2.44. The Labute approximate surface area is 109 Å². The van der Waals surface area contributed by atoms with Crippen LogP contribution >= 0.6 is 0 Å². The molecule has 1 aliphatic rings. The molecule has 1 aromatic carbocycles. The third kappa shape index (κ3) is 1.25. The molecule has 5 heteroatoms. The second-order valence-corrected chi connectivity index (χ2v) is 6.25. The number of pyridine rings is 2. The fourth-order valence-electron chi connectivity index (χ4n) is 2.51. The van der Waals surface area contributed by atoms with Crippen LogP contribution in [0.3, 0.4) is 0 Å². The van der Waals surface area contributed by atoms with E-state index in [4.69, 9.17) is 0 Å². The van der Waals surface area contributed by atoms with Gasteiger partial charge in [-0.15, -0.1) is 0 Å². The van der Waals surface area contributed by atoms with Gasteiger partial charge in [0.1, 0.15) is 0 Å². The molecule has 92 valence electrons. The van der Waals surface area contributed by atoms with Crippen LogP contribution < -0.4 is 0 Å². The molecule has 0 amide bonds. The molecular formula is C14H8N2O2S. The Morgan fingerprint density at radius 2 is 1.63 bits per heavy atom. The molecule has 4 nitrogen and oxygen atoms in total. The van der Waals surface area contributed by atoms with Gasteiger partial charge in [-0.05, 0) is 30.3 Å². The highest BCUT2D eigenvalue weighted by molar-refractivity contribution is 7.92. The van der Waals surface area contributed by atoms with E-state index in [1.54, 1.807) is 42.7 Å². The van der Waals surface area contributed by atoms with E-state index in [1.807, 2.05) is 6.07 Å². The maximum Gasteiger partial charge on any atom is 0.209 e. The zero-order valence-electron chi connectivity index (χ0n) is 9.74. The monoisotopic (exact) mass is 268 g/mol. The fourth-order valence-corrected chi connectivity index (χ4v) is 4.14. The number of nitrogens with zero attached hydrogens (tertiary/aromatic N) is 2. The van der Waals surface area contributed by atoms with Gasteiger partial charge in [-0.3, -0.25) is 9.97 Å². The molecular weight excluding hydrogens is 260 g/mol. The zero-order chi connectivity index (χ0) is 13.0. The number of sulfone groups is 1. The van der Waals surface area contributed by atoms with E-state index >= 15 is 0 Å². The quantitative estimate of drug-likeness (QED) is 0.491. The van der Waals surface area contributed by atoms with Gasteiger partial charge in [-0.2, -0.15) is 0 Å². The maximum absolute atomic E-state index is 12.5. The van der Waals surface area contributed by atoms with Crippen molar-refractivity contribution in [1.29, 1.82) is 0 Å². The lowest BCUT2D eigenvalue weighted by Crippen LogP contribution is -1.96. The van der Waals surface area contributed by atoms with Gasteiger partial charge >= 0.3 is 0 Å². The molecule has 0 spiro atoms. The molecule has 0 bridgehead atoms. The molecule has 3 aromatic rings. The van der Waals surface area contributed by atoms with Crippen molar-refractivity contribution in [2.45, 2.75) is 9.79 Å². The molecule has 1 aliphatic heterocycles. The van der Waals surface area contributed by atoms with E-state index in [0.29, 0.717) is 16.2 Å². The average molecular weight is 268 g/mol. The van der Waals surface area contributed by atoms with Crippen molar-refractivity contribution in [2.24, 2.45) is 0 Å². The van der Waals surface area contributed by atoms with E-state index in [1.165, 1.54) is 0 Å². The van der Waals surface area contributed by atoms with Gasteiger partial charge in [0.05, 0.1) is 21.0 Å². The number of hydrogen-bond acceptors (Lipinski definition) is 4. The lowest BCUT2D eigenvalue weighted by atomic mass is 10.1. The smallest absolute Gasteiger partial charge is 0.209 e. The van der Waals surface area contributed by atoms with Crippen molar-refractivity contribution in [3.05, 3.63) is 48.8 Å². The lowest BCUT2D eigenvalue weighted by molar-refractivity contribution is 0.598. The molecule has 0 fully saturated rings. The van der Waals surface area contributed by atoms with Gasteiger partial charge < -0.3 is 0 Å². The third-order valence-electron chi connectivity index (χ3n) is 3.33. The van der Waals surface area contributed by atoms with Crippen molar-refractivity contribution in [2.75, 3.05) is 0 Å². The van der Waals surface area contributed by atoms with E-state index in [9.17, 15) is 8.42 Å². The first-order valence-corrected chi connectivity index (χ1v) is 7.26. The summed E-state index contributed by atoms with van der Waals surface area (Å²) in [5.41, 5.74) is 1.97. The highest BCUT2D eigenvalue weighted by Crippen LogP contribution is 2.44. The summed E-state index contributed by atoms with van der Waals surface area (Å²) in [5, 5.41) is 0.820. The average Bonchev–Trinajstić information content (AvgIpc) is 2.68. The summed E-state index contributed by atoms with van der Waals surface area (Å²) in [6.07, 6.45) is 3.30. The summed E-state index contributed by atoms with van der Waals surface area (Å²) in [5.74, 6) is 0. The third-order valence-corrected chi connectivity index (χ3v) is 5.16. The van der Waals surface area contributed by atoms with Gasteiger partial charge in [0.15, 0.2) is 0 Å². The second-order valence-electron chi connectivity index (χ2n) is 4.36. The molecule has 0 radical (unpaired) electrons. The van der Waals surface area contributed by atoms with E-state index in [0.717, 1.165) is 10.9 Å². The standard InChI is InChI=1S/C14H8N2O2S/c17-19(18)11-6-5-10-9(3-1-7-15-10)13(11)14-12(19)4-2-8-16-14/h1-8H. The molecule has 0 saturated heterocycles. The Morgan fingerprint density at radius 1 is 0.842 bits per heavy atom. The number of benzene rings is 1. The van der Waals surface area contributed by atoms with E-state index in [2.05, 4.69) is 9.97 Å². The van der Waals surface area contributed by atoms with Crippen LogP contribution in [-0.2, 0) is 9.84 Å². The fraction of sp³-hybridized carbons (Fsp3) is 0. The largest absolute Gasteiger partial charge is 0.256 e. The Hall–Kier alpha value is -2.27. The van der Waals surface area contributed by atoms with Crippen LogP contribution in [0.4, 0.5) is 0 Å². The van der Waals surface area contributed by atoms with Crippen LogP contribution in [0.1, 0.15) is 0 Å². The van der Waals surface area contributed by atoms with Crippen LogP contribution in [0.15, 0.2) is 58.6 Å². The second kappa shape index (κ2) is 3.39. The SMILES string of the molecule is O=S1(=O)c2cccnc2-c2c1ccc1ncccc21. The molecule has 0 unspecified atom stereocenters. The minimum absolute atomic E-state index is 0.279. The normalized spacial score (nSPS) is 15.2. The highest BCUT2D eigenvalue weighted by atomic mass is 32.2. The first-order chi connectivity index (χ1) is 9.19. The Balaban J connectivity index is 2.29. The van der Waals surface area contributed by atoms with Gasteiger partial charge in [-0.1, -0.05) is 6.07 Å². The topological polar surface area (TPSA) is 59.9 Å². The Kier molecular flexibility index (Phi) is 1.90. The molecule has 2 aromatic heterocycles. The zero-order valence-corrected chi connectivity index (χ0v) is 10.6. The summed E-state index contributed by atoms with van der Waals surface area (Å²) in [6.45, 7) is 0. The Bertz CT molecular complexity index is 933. The van der Waals surface area contributed by atoms with Crippen molar-refractivity contribution in [3.8, 4) is 11.3 Å². The Morgan fingerprint density at radius 3 is 2.53 bits per heavy atom. The summed E-state index contributed by atoms with van der Waals surface area (Å²) in [7, 11) is -3.45. The van der Waals surface area contributed by atoms with Gasteiger partial charge in [0.2, 0.25) is 9.84 Å².